The number of amides is 1. The summed E-state index contributed by atoms with van der Waals surface area (Å²) in [6.07, 6.45) is 2.17. The number of carbonyl (C=O) groups excluding carboxylic acids is 2. The zero-order chi connectivity index (χ0) is 14.3. The third-order valence-electron chi connectivity index (χ3n) is 2.38. The topological polar surface area (TPSA) is 81.4 Å². The fraction of sp³-hybridized carbons (Fsp3) is 0.385. The number of benzene rings is 1. The Morgan fingerprint density at radius 2 is 2.00 bits per heavy atom. The molecule has 0 saturated heterocycles. The third kappa shape index (κ3) is 5.76. The maximum atomic E-state index is 11.8. The van der Waals surface area contributed by atoms with Crippen molar-refractivity contribution >= 4 is 23.6 Å². The molecule has 3 N–H and O–H groups in total. The van der Waals surface area contributed by atoms with Crippen molar-refractivity contribution in [2.24, 2.45) is 5.73 Å². The van der Waals surface area contributed by atoms with E-state index >= 15 is 0 Å². The molecule has 0 saturated carbocycles. The van der Waals surface area contributed by atoms with E-state index in [2.05, 4.69) is 5.32 Å². The molecule has 1 rings (SSSR count). The van der Waals surface area contributed by atoms with Crippen LogP contribution in [0.4, 0.5) is 0 Å². The van der Waals surface area contributed by atoms with Gasteiger partial charge in [0.2, 0.25) is 5.91 Å². The average molecular weight is 282 g/mol. The molecule has 1 amide bonds. The van der Waals surface area contributed by atoms with Gasteiger partial charge >= 0.3 is 5.97 Å². The van der Waals surface area contributed by atoms with Crippen LogP contribution in [0.5, 0.6) is 5.75 Å². The van der Waals surface area contributed by atoms with Crippen molar-refractivity contribution in [1.29, 1.82) is 0 Å². The van der Waals surface area contributed by atoms with Crippen molar-refractivity contribution in [3.05, 3.63) is 30.3 Å². The molecule has 0 aromatic heterocycles. The van der Waals surface area contributed by atoms with E-state index in [4.69, 9.17) is 10.5 Å². The summed E-state index contributed by atoms with van der Waals surface area (Å²) in [4.78, 5) is 22.8. The Labute approximate surface area is 116 Å². The highest BCUT2D eigenvalue weighted by molar-refractivity contribution is 7.99. The molecule has 19 heavy (non-hydrogen) atoms. The molecule has 0 fully saturated rings. The lowest BCUT2D eigenvalue weighted by atomic mass is 10.2. The predicted molar refractivity (Wildman–Crippen MR) is 75.8 cm³/mol. The van der Waals surface area contributed by atoms with Crippen LogP contribution >= 0.6 is 11.8 Å². The van der Waals surface area contributed by atoms with Crippen molar-refractivity contribution in [3.8, 4) is 5.75 Å². The molecule has 0 heterocycles. The summed E-state index contributed by atoms with van der Waals surface area (Å²) < 4.78 is 5.14. The fourth-order valence-electron chi connectivity index (χ4n) is 1.45. The number of thioether (sulfide) groups is 1. The van der Waals surface area contributed by atoms with E-state index in [0.717, 1.165) is 0 Å². The Bertz CT molecular complexity index is 425. The van der Waals surface area contributed by atoms with Gasteiger partial charge in [0.15, 0.2) is 0 Å². The van der Waals surface area contributed by atoms with Gasteiger partial charge in [0, 0.05) is 13.3 Å². The SMILES string of the molecule is CSC(CC(N)C(=O)Oc1ccccc1)NC(C)=O. The van der Waals surface area contributed by atoms with Crippen molar-refractivity contribution in [2.45, 2.75) is 24.8 Å². The molecule has 0 bridgehead atoms. The van der Waals surface area contributed by atoms with Gasteiger partial charge in [-0.05, 0) is 18.4 Å². The van der Waals surface area contributed by atoms with Crippen LogP contribution in [0.3, 0.4) is 0 Å². The lowest BCUT2D eigenvalue weighted by molar-refractivity contribution is -0.136. The number of hydrogen-bond acceptors (Lipinski definition) is 5. The van der Waals surface area contributed by atoms with E-state index < -0.39 is 12.0 Å². The monoisotopic (exact) mass is 282 g/mol. The minimum Gasteiger partial charge on any atom is -0.425 e. The molecule has 1 aromatic carbocycles. The van der Waals surface area contributed by atoms with Crippen molar-refractivity contribution in [3.63, 3.8) is 0 Å². The second kappa shape index (κ2) is 7.81. The van der Waals surface area contributed by atoms with Gasteiger partial charge in [-0.25, -0.2) is 4.79 Å². The van der Waals surface area contributed by atoms with E-state index in [0.29, 0.717) is 12.2 Å². The first kappa shape index (κ1) is 15.5. The molecule has 2 unspecified atom stereocenters. The van der Waals surface area contributed by atoms with Crippen molar-refractivity contribution in [1.82, 2.24) is 5.32 Å². The van der Waals surface area contributed by atoms with Gasteiger partial charge in [-0.3, -0.25) is 4.79 Å². The first-order valence-corrected chi connectivity index (χ1v) is 7.14. The van der Waals surface area contributed by atoms with Crippen LogP contribution in [0.25, 0.3) is 0 Å². The number of para-hydroxylation sites is 1. The highest BCUT2D eigenvalue weighted by Crippen LogP contribution is 2.13. The van der Waals surface area contributed by atoms with Gasteiger partial charge in [-0.1, -0.05) is 18.2 Å². The zero-order valence-corrected chi connectivity index (χ0v) is 11.8. The molecular formula is C13H18N2O3S. The maximum absolute atomic E-state index is 11.8. The molecule has 0 aliphatic heterocycles. The largest absolute Gasteiger partial charge is 0.425 e. The number of nitrogens with one attached hydrogen (secondary N) is 1. The minimum atomic E-state index is -0.774. The molecular weight excluding hydrogens is 264 g/mol. The number of carbonyl (C=O) groups is 2. The summed E-state index contributed by atoms with van der Waals surface area (Å²) in [5.41, 5.74) is 5.78. The number of hydrogen-bond donors (Lipinski definition) is 2. The van der Waals surface area contributed by atoms with Crippen molar-refractivity contribution < 1.29 is 14.3 Å². The lowest BCUT2D eigenvalue weighted by Crippen LogP contribution is -2.41. The van der Waals surface area contributed by atoms with E-state index in [1.807, 2.05) is 12.3 Å². The van der Waals surface area contributed by atoms with Crippen LogP contribution in [-0.4, -0.2) is 29.5 Å². The predicted octanol–water partition coefficient (Wildman–Crippen LogP) is 1.13. The summed E-state index contributed by atoms with van der Waals surface area (Å²) in [6.45, 7) is 1.43. The number of esters is 1. The standard InChI is InChI=1S/C13H18N2O3S/c1-9(16)15-12(19-2)8-11(14)13(17)18-10-6-4-3-5-7-10/h3-7,11-12H,8,14H2,1-2H3,(H,15,16). The van der Waals surface area contributed by atoms with Gasteiger partial charge in [0.25, 0.3) is 0 Å². The number of rotatable bonds is 6. The molecule has 2 atom stereocenters. The number of nitrogens with two attached hydrogens (primary N) is 1. The van der Waals surface area contributed by atoms with Crippen LogP contribution in [-0.2, 0) is 9.59 Å². The van der Waals surface area contributed by atoms with Gasteiger partial charge in [-0.15, -0.1) is 11.8 Å². The van der Waals surface area contributed by atoms with Crippen LogP contribution in [0, 0.1) is 0 Å². The molecule has 5 nitrogen and oxygen atoms in total. The lowest BCUT2D eigenvalue weighted by Gasteiger charge is -2.18. The molecule has 0 radical (unpaired) electrons. The van der Waals surface area contributed by atoms with Gasteiger partial charge < -0.3 is 15.8 Å². The first-order valence-electron chi connectivity index (χ1n) is 5.85. The van der Waals surface area contributed by atoms with E-state index in [9.17, 15) is 9.59 Å². The minimum absolute atomic E-state index is 0.150. The molecule has 104 valence electrons. The highest BCUT2D eigenvalue weighted by Gasteiger charge is 2.21. The quantitative estimate of drug-likeness (QED) is 0.464. The maximum Gasteiger partial charge on any atom is 0.328 e. The Morgan fingerprint density at radius 3 is 2.53 bits per heavy atom. The molecule has 0 aliphatic carbocycles. The summed E-state index contributed by atoms with van der Waals surface area (Å²) in [6, 6.07) is 7.98. The molecule has 0 spiro atoms. The second-order valence-corrected chi connectivity index (χ2v) is 5.04. The summed E-state index contributed by atoms with van der Waals surface area (Å²) in [5, 5.41) is 2.52. The molecule has 0 aliphatic rings. The Hall–Kier alpha value is -1.53. The Balaban J connectivity index is 2.50. The summed E-state index contributed by atoms with van der Waals surface area (Å²) in [5.74, 6) is -0.193. The van der Waals surface area contributed by atoms with E-state index in [-0.39, 0.29) is 11.3 Å². The van der Waals surface area contributed by atoms with Gasteiger partial charge in [0.05, 0.1) is 5.37 Å². The van der Waals surface area contributed by atoms with Crippen LogP contribution in [0.15, 0.2) is 30.3 Å². The highest BCUT2D eigenvalue weighted by atomic mass is 32.2. The smallest absolute Gasteiger partial charge is 0.328 e. The first-order chi connectivity index (χ1) is 9.02. The average Bonchev–Trinajstić information content (AvgIpc) is 2.38. The fourth-order valence-corrected chi connectivity index (χ4v) is 2.13. The normalized spacial score (nSPS) is 13.4. The van der Waals surface area contributed by atoms with Crippen LogP contribution in [0.2, 0.25) is 0 Å². The Kier molecular flexibility index (Phi) is 6.38. The summed E-state index contributed by atoms with van der Waals surface area (Å²) >= 11 is 1.43. The van der Waals surface area contributed by atoms with Crippen LogP contribution < -0.4 is 15.8 Å². The van der Waals surface area contributed by atoms with E-state index in [1.54, 1.807) is 24.3 Å². The number of ether oxygens (including phenoxy) is 1. The third-order valence-corrected chi connectivity index (χ3v) is 3.26. The van der Waals surface area contributed by atoms with Crippen LogP contribution in [0.1, 0.15) is 13.3 Å². The molecule has 1 aromatic rings. The zero-order valence-electron chi connectivity index (χ0n) is 11.0. The van der Waals surface area contributed by atoms with Crippen molar-refractivity contribution in [2.75, 3.05) is 6.26 Å². The molecule has 6 heteroatoms. The van der Waals surface area contributed by atoms with E-state index in [1.165, 1.54) is 18.7 Å². The Morgan fingerprint density at radius 1 is 1.37 bits per heavy atom. The van der Waals surface area contributed by atoms with Gasteiger partial charge in [0.1, 0.15) is 11.8 Å². The second-order valence-electron chi connectivity index (χ2n) is 4.00. The van der Waals surface area contributed by atoms with Gasteiger partial charge in [-0.2, -0.15) is 0 Å². The summed E-state index contributed by atoms with van der Waals surface area (Å²) in [7, 11) is 0.